The van der Waals surface area contributed by atoms with Crippen LogP contribution in [0.1, 0.15) is 41.5 Å². The van der Waals surface area contributed by atoms with Gasteiger partial charge in [-0.25, -0.2) is 0 Å². The number of benzene rings is 10. The molecule has 10 aromatic carbocycles. The molecule has 0 aliphatic heterocycles. The fourth-order valence-corrected chi connectivity index (χ4v) is 13.1. The number of hydrogen-bond donors (Lipinski definition) is 0. The van der Waals surface area contributed by atoms with Crippen LogP contribution in [-0.2, 0) is 5.41 Å². The molecule has 10 aromatic rings. The number of nitrogens with zero attached hydrogens (tertiary/aromatic N) is 4. The predicted molar refractivity (Wildman–Crippen MR) is 326 cm³/mol. The lowest BCUT2D eigenvalue weighted by Crippen LogP contribution is -2.35. The number of allylic oxidation sites excluding steroid dienone is 6. The Labute approximate surface area is 458 Å². The van der Waals surface area contributed by atoms with Crippen molar-refractivity contribution in [1.29, 1.82) is 0 Å². The van der Waals surface area contributed by atoms with Gasteiger partial charge in [0.25, 0.3) is 0 Å². The molecule has 0 N–H and O–H groups in total. The maximum absolute atomic E-state index is 2.63. The second-order valence-corrected chi connectivity index (χ2v) is 20.9. The van der Waals surface area contributed by atoms with Gasteiger partial charge in [-0.2, -0.15) is 0 Å². The summed E-state index contributed by atoms with van der Waals surface area (Å²) in [6, 6.07) is 98.0. The summed E-state index contributed by atoms with van der Waals surface area (Å²) in [6.07, 6.45) is 15.6. The van der Waals surface area contributed by atoms with Crippen molar-refractivity contribution >= 4 is 56.9 Å². The van der Waals surface area contributed by atoms with Gasteiger partial charge in [0.15, 0.2) is 0 Å². The van der Waals surface area contributed by atoms with Crippen molar-refractivity contribution in [2.24, 2.45) is 11.8 Å². The molecule has 14 rings (SSSR count). The van der Waals surface area contributed by atoms with Gasteiger partial charge in [0, 0.05) is 80.1 Å². The fourth-order valence-electron chi connectivity index (χ4n) is 13.1. The molecule has 0 amide bonds. The van der Waals surface area contributed by atoms with Crippen LogP contribution in [0.15, 0.2) is 315 Å². The van der Waals surface area contributed by atoms with E-state index in [9.17, 15) is 0 Å². The Hall–Kier alpha value is -9.64. The molecule has 0 heterocycles. The fraction of sp³-hybridized carbons (Fsp3) is 0.0811. The Bertz CT molecular complexity index is 3790. The summed E-state index contributed by atoms with van der Waals surface area (Å²) in [6.45, 7) is 2.32. The summed E-state index contributed by atoms with van der Waals surface area (Å²) in [5.74, 6) is 0.407. The number of anilines is 10. The average molecular weight is 1000 g/mol. The molecule has 4 aliphatic rings. The van der Waals surface area contributed by atoms with E-state index in [0.29, 0.717) is 5.92 Å². The summed E-state index contributed by atoms with van der Waals surface area (Å²) in [4.78, 5) is 9.77. The number of rotatable bonds is 12. The third-order valence-corrected chi connectivity index (χ3v) is 16.3. The highest BCUT2D eigenvalue weighted by Gasteiger charge is 2.58. The maximum Gasteiger partial charge on any atom is 0.0540 e. The largest absolute Gasteiger partial charge is 0.311 e. The molecule has 0 radical (unpaired) electrons. The first-order valence-electron chi connectivity index (χ1n) is 27.4. The van der Waals surface area contributed by atoms with E-state index in [2.05, 4.69) is 330 Å². The molecule has 4 heteroatoms. The van der Waals surface area contributed by atoms with Gasteiger partial charge in [0.1, 0.15) is 0 Å². The molecule has 374 valence electrons. The smallest absolute Gasteiger partial charge is 0.0540 e. The average Bonchev–Trinajstić information content (AvgIpc) is 3.82. The van der Waals surface area contributed by atoms with E-state index in [1.54, 1.807) is 0 Å². The lowest BCUT2D eigenvalue weighted by molar-refractivity contribution is 0.462. The minimum Gasteiger partial charge on any atom is -0.311 e. The number of fused-ring (bicyclic) bond motifs is 10. The zero-order chi connectivity index (χ0) is 52.0. The van der Waals surface area contributed by atoms with Gasteiger partial charge in [-0.3, -0.25) is 0 Å². The van der Waals surface area contributed by atoms with Crippen LogP contribution in [-0.4, -0.2) is 0 Å². The molecule has 0 saturated heterocycles. The molecule has 4 unspecified atom stereocenters. The molecule has 4 nitrogen and oxygen atoms in total. The van der Waals surface area contributed by atoms with Crippen LogP contribution in [0.4, 0.5) is 56.9 Å². The molecule has 78 heavy (non-hydrogen) atoms. The second kappa shape index (κ2) is 19.8. The Kier molecular flexibility index (Phi) is 11.9. The highest BCUT2D eigenvalue weighted by molar-refractivity contribution is 5.92. The highest BCUT2D eigenvalue weighted by atomic mass is 15.2. The molecule has 0 fully saturated rings. The van der Waals surface area contributed by atoms with Gasteiger partial charge >= 0.3 is 0 Å². The summed E-state index contributed by atoms with van der Waals surface area (Å²) in [7, 11) is 0. The number of para-hydroxylation sites is 7. The third kappa shape index (κ3) is 7.99. The Balaban J connectivity index is 1.08. The molecule has 0 bridgehead atoms. The monoisotopic (exact) mass is 1000 g/mol. The summed E-state index contributed by atoms with van der Waals surface area (Å²) >= 11 is 0. The Morgan fingerprint density at radius 2 is 0.679 bits per heavy atom. The van der Waals surface area contributed by atoms with Crippen LogP contribution in [0.2, 0.25) is 0 Å². The van der Waals surface area contributed by atoms with Crippen LogP contribution < -0.4 is 19.6 Å². The molecule has 0 saturated carbocycles. The van der Waals surface area contributed by atoms with E-state index in [1.165, 1.54) is 39.1 Å². The van der Waals surface area contributed by atoms with E-state index >= 15 is 0 Å². The number of hydrogen-bond acceptors (Lipinski definition) is 4. The van der Waals surface area contributed by atoms with Crippen LogP contribution in [0.5, 0.6) is 0 Å². The molecule has 4 atom stereocenters. The van der Waals surface area contributed by atoms with Crippen LogP contribution >= 0.6 is 0 Å². The normalized spacial score (nSPS) is 18.2. The first-order valence-corrected chi connectivity index (χ1v) is 27.4. The van der Waals surface area contributed by atoms with E-state index < -0.39 is 5.41 Å². The van der Waals surface area contributed by atoms with Gasteiger partial charge in [-0.15, -0.1) is 0 Å². The van der Waals surface area contributed by atoms with E-state index in [0.717, 1.165) is 69.0 Å². The minimum absolute atomic E-state index is 0.0496. The molecule has 1 spiro atoms. The van der Waals surface area contributed by atoms with Gasteiger partial charge in [-0.05, 0) is 179 Å². The van der Waals surface area contributed by atoms with Gasteiger partial charge < -0.3 is 19.6 Å². The van der Waals surface area contributed by atoms with E-state index in [-0.39, 0.29) is 11.8 Å². The summed E-state index contributed by atoms with van der Waals surface area (Å²) in [5, 5.41) is 0. The van der Waals surface area contributed by atoms with Gasteiger partial charge in [0.05, 0.1) is 5.41 Å². The van der Waals surface area contributed by atoms with Crippen molar-refractivity contribution in [3.05, 3.63) is 337 Å². The lowest BCUT2D eigenvalue weighted by Gasteiger charge is -2.39. The van der Waals surface area contributed by atoms with Crippen molar-refractivity contribution in [1.82, 2.24) is 0 Å². The maximum atomic E-state index is 2.63. The van der Waals surface area contributed by atoms with Crippen molar-refractivity contribution in [2.45, 2.75) is 24.7 Å². The Morgan fingerprint density at radius 1 is 0.333 bits per heavy atom. The molecular formula is C74H58N4. The van der Waals surface area contributed by atoms with Crippen molar-refractivity contribution in [2.75, 3.05) is 19.6 Å². The highest BCUT2D eigenvalue weighted by Crippen LogP contribution is 2.67. The van der Waals surface area contributed by atoms with Crippen molar-refractivity contribution < 1.29 is 0 Å². The Morgan fingerprint density at radius 3 is 1.09 bits per heavy atom. The molecule has 4 aliphatic carbocycles. The predicted octanol–water partition coefficient (Wildman–Crippen LogP) is 19.6. The summed E-state index contributed by atoms with van der Waals surface area (Å²) < 4.78 is 0. The standard InChI is InChI=1S/C74H58N4/c1-53-24-23-39-61(48-53)78(60-37-21-8-22-38-60)65-43-47-69-68-46-42-64(77(58-33-17-6-18-34-58)59-35-19-7-20-36-59)51-72(68)74(73(69)52-65)70-49-62(75(54-25-9-2-10-26-54)55-27-11-3-12-28-55)40-44-66(70)67-45-41-63(50-71(67)74)76(56-29-13-4-14-30-56)57-31-15-5-16-32-57/h2-23,25-53,66,70H,24H2,1H3. The van der Waals surface area contributed by atoms with Crippen LogP contribution in [0, 0.1) is 11.8 Å². The van der Waals surface area contributed by atoms with E-state index in [1.807, 2.05) is 0 Å². The topological polar surface area (TPSA) is 13.0 Å². The van der Waals surface area contributed by atoms with Crippen LogP contribution in [0.25, 0.3) is 11.1 Å². The van der Waals surface area contributed by atoms with Crippen molar-refractivity contribution in [3.8, 4) is 11.1 Å². The van der Waals surface area contributed by atoms with E-state index in [4.69, 9.17) is 0 Å². The lowest BCUT2D eigenvalue weighted by atomic mass is 9.65. The van der Waals surface area contributed by atoms with Gasteiger partial charge in [-0.1, -0.05) is 177 Å². The van der Waals surface area contributed by atoms with Gasteiger partial charge in [0.2, 0.25) is 0 Å². The summed E-state index contributed by atoms with van der Waals surface area (Å²) in [5.41, 5.74) is 20.6. The minimum atomic E-state index is -0.688. The third-order valence-electron chi connectivity index (χ3n) is 16.3. The SMILES string of the molecule is CC1C=C(N(c2ccccc2)c2ccc3c(c2)C2(c4cc(N(c5ccccc5)c5ccccc5)ccc4-3)c3cc(N(c4ccccc4)c4ccccc4)ccc3C3C=CC(N(c4ccccc4)c4ccccc4)=CC32)C=CC1. The molecule has 0 aromatic heterocycles. The first kappa shape index (κ1) is 46.9. The zero-order valence-corrected chi connectivity index (χ0v) is 43.6. The zero-order valence-electron chi connectivity index (χ0n) is 43.6. The second-order valence-electron chi connectivity index (χ2n) is 20.9. The van der Waals surface area contributed by atoms with Crippen molar-refractivity contribution in [3.63, 3.8) is 0 Å². The first-order chi connectivity index (χ1) is 38.6. The quantitative estimate of drug-likeness (QED) is 0.121. The van der Waals surface area contributed by atoms with Crippen LogP contribution in [0.3, 0.4) is 0 Å². The molecular weight excluding hydrogens is 945 g/mol.